The van der Waals surface area contributed by atoms with Crippen LogP contribution < -0.4 is 5.73 Å². The summed E-state index contributed by atoms with van der Waals surface area (Å²) in [6.45, 7) is 2.07. The lowest BCUT2D eigenvalue weighted by molar-refractivity contribution is 0.722. The molecule has 1 atom stereocenters. The molecule has 3 heteroatoms. The standard InChI is InChI=1S/C15H15Cl2N/c1-10-5-7-11(8-6-10)9-14(18)12-3-2-4-13(16)15(12)17/h2-8,14H,9,18H2,1H3. The minimum atomic E-state index is -0.140. The van der Waals surface area contributed by atoms with Gasteiger partial charge in [0.15, 0.2) is 0 Å². The van der Waals surface area contributed by atoms with Crippen molar-refractivity contribution in [3.63, 3.8) is 0 Å². The Bertz CT molecular complexity index is 535. The van der Waals surface area contributed by atoms with Gasteiger partial charge in [0, 0.05) is 6.04 Å². The Balaban J connectivity index is 2.19. The molecule has 0 aliphatic rings. The number of rotatable bonds is 3. The monoisotopic (exact) mass is 279 g/mol. The molecule has 0 aromatic heterocycles. The van der Waals surface area contributed by atoms with Crippen molar-refractivity contribution in [2.24, 2.45) is 5.73 Å². The second-order valence-corrected chi connectivity index (χ2v) is 5.22. The highest BCUT2D eigenvalue weighted by molar-refractivity contribution is 6.42. The molecule has 0 bridgehead atoms. The Hall–Kier alpha value is -1.02. The first-order valence-corrected chi connectivity index (χ1v) is 6.58. The topological polar surface area (TPSA) is 26.0 Å². The van der Waals surface area contributed by atoms with Gasteiger partial charge in [-0.3, -0.25) is 0 Å². The third kappa shape index (κ3) is 3.05. The normalized spacial score (nSPS) is 12.4. The minimum Gasteiger partial charge on any atom is -0.324 e. The lowest BCUT2D eigenvalue weighted by Crippen LogP contribution is -2.14. The summed E-state index contributed by atoms with van der Waals surface area (Å²) < 4.78 is 0. The van der Waals surface area contributed by atoms with Crippen molar-refractivity contribution in [2.75, 3.05) is 0 Å². The molecule has 0 saturated carbocycles. The summed E-state index contributed by atoms with van der Waals surface area (Å²) in [6.07, 6.45) is 0.750. The predicted octanol–water partition coefficient (Wildman–Crippen LogP) is 4.54. The quantitative estimate of drug-likeness (QED) is 0.877. The van der Waals surface area contributed by atoms with Crippen molar-refractivity contribution in [3.8, 4) is 0 Å². The SMILES string of the molecule is Cc1ccc(CC(N)c2cccc(Cl)c2Cl)cc1. The van der Waals surface area contributed by atoms with E-state index in [0.29, 0.717) is 10.0 Å². The molecular weight excluding hydrogens is 265 g/mol. The molecule has 18 heavy (non-hydrogen) atoms. The van der Waals surface area contributed by atoms with Gasteiger partial charge in [0.1, 0.15) is 0 Å². The lowest BCUT2D eigenvalue weighted by Gasteiger charge is -2.14. The number of nitrogens with two attached hydrogens (primary N) is 1. The number of hydrogen-bond acceptors (Lipinski definition) is 1. The first-order chi connectivity index (χ1) is 8.58. The van der Waals surface area contributed by atoms with E-state index >= 15 is 0 Å². The predicted molar refractivity (Wildman–Crippen MR) is 78.3 cm³/mol. The molecule has 2 rings (SSSR count). The van der Waals surface area contributed by atoms with Gasteiger partial charge in [-0.1, -0.05) is 65.2 Å². The highest BCUT2D eigenvalue weighted by Crippen LogP contribution is 2.30. The van der Waals surface area contributed by atoms with Crippen molar-refractivity contribution in [1.29, 1.82) is 0 Å². The van der Waals surface area contributed by atoms with Gasteiger partial charge in [0.25, 0.3) is 0 Å². The molecule has 0 amide bonds. The van der Waals surface area contributed by atoms with Gasteiger partial charge >= 0.3 is 0 Å². The van der Waals surface area contributed by atoms with Crippen LogP contribution in [0.4, 0.5) is 0 Å². The molecule has 1 unspecified atom stereocenters. The van der Waals surface area contributed by atoms with Crippen LogP contribution >= 0.6 is 23.2 Å². The molecule has 2 aromatic rings. The molecule has 0 fully saturated rings. The van der Waals surface area contributed by atoms with E-state index in [1.54, 1.807) is 6.07 Å². The highest BCUT2D eigenvalue weighted by Gasteiger charge is 2.12. The van der Waals surface area contributed by atoms with Gasteiger partial charge < -0.3 is 5.73 Å². The van der Waals surface area contributed by atoms with E-state index in [9.17, 15) is 0 Å². The van der Waals surface area contributed by atoms with Gasteiger partial charge in [-0.25, -0.2) is 0 Å². The summed E-state index contributed by atoms with van der Waals surface area (Å²) in [5, 5.41) is 1.10. The van der Waals surface area contributed by atoms with Gasteiger partial charge in [0.2, 0.25) is 0 Å². The molecule has 0 aliphatic heterocycles. The van der Waals surface area contributed by atoms with E-state index in [0.717, 1.165) is 12.0 Å². The molecule has 0 aliphatic carbocycles. The highest BCUT2D eigenvalue weighted by atomic mass is 35.5. The van der Waals surface area contributed by atoms with Crippen LogP contribution in [0, 0.1) is 6.92 Å². The summed E-state index contributed by atoms with van der Waals surface area (Å²) in [5.74, 6) is 0. The van der Waals surface area contributed by atoms with Crippen LogP contribution in [-0.4, -0.2) is 0 Å². The number of halogens is 2. The Morgan fingerprint density at radius 2 is 1.72 bits per heavy atom. The van der Waals surface area contributed by atoms with Crippen molar-refractivity contribution in [1.82, 2.24) is 0 Å². The van der Waals surface area contributed by atoms with Crippen molar-refractivity contribution in [2.45, 2.75) is 19.4 Å². The van der Waals surface area contributed by atoms with Crippen LogP contribution in [0.5, 0.6) is 0 Å². The molecule has 94 valence electrons. The summed E-state index contributed by atoms with van der Waals surface area (Å²) >= 11 is 12.2. The van der Waals surface area contributed by atoms with Crippen LogP contribution in [0.1, 0.15) is 22.7 Å². The first kappa shape index (κ1) is 13.4. The summed E-state index contributed by atoms with van der Waals surface area (Å²) in [6, 6.07) is 13.8. The molecule has 2 N–H and O–H groups in total. The zero-order chi connectivity index (χ0) is 13.1. The molecular formula is C15H15Cl2N. The number of aryl methyl sites for hydroxylation is 1. The van der Waals surface area contributed by atoms with Crippen LogP contribution in [0.25, 0.3) is 0 Å². The van der Waals surface area contributed by atoms with Crippen molar-refractivity contribution in [3.05, 3.63) is 69.2 Å². The van der Waals surface area contributed by atoms with E-state index < -0.39 is 0 Å². The van der Waals surface area contributed by atoms with Gasteiger partial charge in [0.05, 0.1) is 10.0 Å². The lowest BCUT2D eigenvalue weighted by atomic mass is 9.99. The maximum atomic E-state index is 6.19. The second-order valence-electron chi connectivity index (χ2n) is 4.44. The smallest absolute Gasteiger partial charge is 0.0640 e. The first-order valence-electron chi connectivity index (χ1n) is 5.83. The second kappa shape index (κ2) is 5.75. The van der Waals surface area contributed by atoms with Crippen LogP contribution in [0.15, 0.2) is 42.5 Å². The average molecular weight is 280 g/mol. The number of hydrogen-bond donors (Lipinski definition) is 1. The molecule has 0 heterocycles. The number of benzene rings is 2. The van der Waals surface area contributed by atoms with Crippen LogP contribution in [0.3, 0.4) is 0 Å². The summed E-state index contributed by atoms with van der Waals surface area (Å²) in [7, 11) is 0. The van der Waals surface area contributed by atoms with Gasteiger partial charge in [-0.05, 0) is 30.5 Å². The average Bonchev–Trinajstić information content (AvgIpc) is 2.35. The van der Waals surface area contributed by atoms with Gasteiger partial charge in [-0.15, -0.1) is 0 Å². The fraction of sp³-hybridized carbons (Fsp3) is 0.200. The fourth-order valence-electron chi connectivity index (χ4n) is 1.89. The Kier molecular flexibility index (Phi) is 4.28. The van der Waals surface area contributed by atoms with Crippen molar-refractivity contribution >= 4 is 23.2 Å². The third-order valence-corrected chi connectivity index (χ3v) is 3.79. The summed E-state index contributed by atoms with van der Waals surface area (Å²) in [5.41, 5.74) is 9.53. The molecule has 1 nitrogen and oxygen atoms in total. The van der Waals surface area contributed by atoms with Crippen molar-refractivity contribution < 1.29 is 0 Å². The Labute approximate surface area is 118 Å². The maximum absolute atomic E-state index is 6.19. The van der Waals surface area contributed by atoms with E-state index in [2.05, 4.69) is 31.2 Å². The molecule has 2 aromatic carbocycles. The van der Waals surface area contributed by atoms with Crippen LogP contribution in [0.2, 0.25) is 10.0 Å². The largest absolute Gasteiger partial charge is 0.324 e. The minimum absolute atomic E-state index is 0.140. The van der Waals surface area contributed by atoms with E-state index in [-0.39, 0.29) is 6.04 Å². The third-order valence-electron chi connectivity index (χ3n) is 2.96. The summed E-state index contributed by atoms with van der Waals surface area (Å²) in [4.78, 5) is 0. The van der Waals surface area contributed by atoms with E-state index in [1.807, 2.05) is 12.1 Å². The van der Waals surface area contributed by atoms with Gasteiger partial charge in [-0.2, -0.15) is 0 Å². The van der Waals surface area contributed by atoms with E-state index in [1.165, 1.54) is 11.1 Å². The molecule has 0 spiro atoms. The fourth-order valence-corrected chi connectivity index (χ4v) is 2.34. The van der Waals surface area contributed by atoms with E-state index in [4.69, 9.17) is 28.9 Å². The molecule has 0 radical (unpaired) electrons. The Morgan fingerprint density at radius 3 is 2.39 bits per heavy atom. The molecule has 0 saturated heterocycles. The van der Waals surface area contributed by atoms with Crippen LogP contribution in [-0.2, 0) is 6.42 Å². The zero-order valence-electron chi connectivity index (χ0n) is 10.2. The zero-order valence-corrected chi connectivity index (χ0v) is 11.7. The maximum Gasteiger partial charge on any atom is 0.0640 e. The Morgan fingerprint density at radius 1 is 1.06 bits per heavy atom.